The summed E-state index contributed by atoms with van der Waals surface area (Å²) in [4.78, 5) is 11.5. The Balaban J connectivity index is 2.86. The summed E-state index contributed by atoms with van der Waals surface area (Å²) < 4.78 is 1.97. The first-order chi connectivity index (χ1) is 8.97. The fourth-order valence-electron chi connectivity index (χ4n) is 2.57. The van der Waals surface area contributed by atoms with Crippen LogP contribution in [0.25, 0.3) is 10.9 Å². The van der Waals surface area contributed by atoms with Crippen molar-refractivity contribution < 1.29 is 9.90 Å². The van der Waals surface area contributed by atoms with Crippen LogP contribution >= 0.6 is 0 Å². The van der Waals surface area contributed by atoms with Gasteiger partial charge in [0.1, 0.15) is 0 Å². The molecule has 0 aliphatic heterocycles. The summed E-state index contributed by atoms with van der Waals surface area (Å²) >= 11 is 0. The SMILES string of the molecule is Cc1ccc2c(C(C)C)cn(CCN)c2c1C(=O)O. The number of benzene rings is 1. The molecule has 0 amide bonds. The third kappa shape index (κ3) is 2.24. The van der Waals surface area contributed by atoms with Gasteiger partial charge in [0.05, 0.1) is 11.1 Å². The van der Waals surface area contributed by atoms with E-state index in [2.05, 4.69) is 13.8 Å². The number of nitrogens with zero attached hydrogens (tertiary/aromatic N) is 1. The third-order valence-corrected chi connectivity index (χ3v) is 3.49. The van der Waals surface area contributed by atoms with Crippen LogP contribution < -0.4 is 5.73 Å². The minimum absolute atomic E-state index is 0.353. The molecule has 1 heterocycles. The molecule has 0 fully saturated rings. The molecule has 3 N–H and O–H groups in total. The first-order valence-corrected chi connectivity index (χ1v) is 6.53. The number of carboxylic acid groups (broad SMARTS) is 1. The molecule has 0 saturated heterocycles. The zero-order valence-corrected chi connectivity index (χ0v) is 11.6. The van der Waals surface area contributed by atoms with Crippen molar-refractivity contribution >= 4 is 16.9 Å². The third-order valence-electron chi connectivity index (χ3n) is 3.49. The number of hydrogen-bond acceptors (Lipinski definition) is 2. The maximum absolute atomic E-state index is 11.5. The average Bonchev–Trinajstić information content (AvgIpc) is 2.68. The van der Waals surface area contributed by atoms with E-state index < -0.39 is 5.97 Å². The Kier molecular flexibility index (Phi) is 3.62. The molecule has 0 saturated carbocycles. The zero-order valence-electron chi connectivity index (χ0n) is 11.6. The fourth-order valence-corrected chi connectivity index (χ4v) is 2.57. The van der Waals surface area contributed by atoms with Crippen LogP contribution in [0.5, 0.6) is 0 Å². The number of fused-ring (bicyclic) bond motifs is 1. The molecule has 0 radical (unpaired) electrons. The van der Waals surface area contributed by atoms with Crippen molar-refractivity contribution in [3.8, 4) is 0 Å². The van der Waals surface area contributed by atoms with Crippen molar-refractivity contribution in [3.05, 3.63) is 35.0 Å². The average molecular weight is 260 g/mol. The summed E-state index contributed by atoms with van der Waals surface area (Å²) in [6, 6.07) is 3.89. The van der Waals surface area contributed by atoms with Crippen LogP contribution in [0.2, 0.25) is 0 Å². The summed E-state index contributed by atoms with van der Waals surface area (Å²) in [5, 5.41) is 10.5. The number of carboxylic acids is 1. The predicted molar refractivity (Wildman–Crippen MR) is 76.8 cm³/mol. The second kappa shape index (κ2) is 5.05. The van der Waals surface area contributed by atoms with Gasteiger partial charge in [-0.3, -0.25) is 0 Å². The molecule has 1 aromatic heterocycles. The molecule has 1 aromatic carbocycles. The molecule has 4 nitrogen and oxygen atoms in total. The Morgan fingerprint density at radius 3 is 2.63 bits per heavy atom. The molecule has 0 aliphatic carbocycles. The van der Waals surface area contributed by atoms with Gasteiger partial charge < -0.3 is 15.4 Å². The molecule has 4 heteroatoms. The fraction of sp³-hybridized carbons (Fsp3) is 0.400. The van der Waals surface area contributed by atoms with Crippen molar-refractivity contribution in [1.82, 2.24) is 4.57 Å². The van der Waals surface area contributed by atoms with Gasteiger partial charge in [-0.1, -0.05) is 26.0 Å². The van der Waals surface area contributed by atoms with Crippen molar-refractivity contribution in [3.63, 3.8) is 0 Å². The minimum atomic E-state index is -0.880. The van der Waals surface area contributed by atoms with Crippen LogP contribution in [0.15, 0.2) is 18.3 Å². The van der Waals surface area contributed by atoms with Crippen LogP contribution in [0, 0.1) is 6.92 Å². The van der Waals surface area contributed by atoms with Gasteiger partial charge in [0.15, 0.2) is 0 Å². The van der Waals surface area contributed by atoms with Crippen molar-refractivity contribution in [2.45, 2.75) is 33.2 Å². The van der Waals surface area contributed by atoms with E-state index in [-0.39, 0.29) is 0 Å². The summed E-state index contributed by atoms with van der Waals surface area (Å²) in [6.07, 6.45) is 2.04. The number of aromatic nitrogens is 1. The highest BCUT2D eigenvalue weighted by molar-refractivity contribution is 6.04. The van der Waals surface area contributed by atoms with Crippen LogP contribution in [-0.2, 0) is 6.54 Å². The number of carbonyl (C=O) groups is 1. The highest BCUT2D eigenvalue weighted by Crippen LogP contribution is 2.31. The Hall–Kier alpha value is -1.81. The molecule has 102 valence electrons. The standard InChI is InChI=1S/C15H20N2O2/c1-9(2)12-8-17(7-6-16)14-11(12)5-4-10(3)13(14)15(18)19/h4-5,8-9H,6-7,16H2,1-3H3,(H,18,19). The zero-order chi connectivity index (χ0) is 14.2. The lowest BCUT2D eigenvalue weighted by Crippen LogP contribution is -2.11. The van der Waals surface area contributed by atoms with E-state index >= 15 is 0 Å². The van der Waals surface area contributed by atoms with Crippen molar-refractivity contribution in [2.24, 2.45) is 5.73 Å². The van der Waals surface area contributed by atoms with Crippen LogP contribution in [0.1, 0.15) is 41.3 Å². The van der Waals surface area contributed by atoms with E-state index in [0.717, 1.165) is 16.5 Å². The molecule has 2 rings (SSSR count). The Labute approximate surface area is 112 Å². The Morgan fingerprint density at radius 1 is 1.42 bits per heavy atom. The normalized spacial score (nSPS) is 11.4. The van der Waals surface area contributed by atoms with Gasteiger partial charge in [-0.25, -0.2) is 4.79 Å². The predicted octanol–water partition coefficient (Wildman–Crippen LogP) is 2.73. The number of aryl methyl sites for hydroxylation is 1. The molecule has 0 aliphatic rings. The van der Waals surface area contributed by atoms with E-state index in [0.29, 0.717) is 24.6 Å². The van der Waals surface area contributed by atoms with Crippen molar-refractivity contribution in [2.75, 3.05) is 6.54 Å². The van der Waals surface area contributed by atoms with E-state index in [4.69, 9.17) is 5.73 Å². The molecule has 19 heavy (non-hydrogen) atoms. The van der Waals surface area contributed by atoms with Crippen LogP contribution in [0.3, 0.4) is 0 Å². The van der Waals surface area contributed by atoms with E-state index in [1.807, 2.05) is 29.8 Å². The van der Waals surface area contributed by atoms with Gasteiger partial charge in [0.2, 0.25) is 0 Å². The Bertz CT molecular complexity index is 627. The number of nitrogens with two attached hydrogens (primary N) is 1. The van der Waals surface area contributed by atoms with Crippen LogP contribution in [-0.4, -0.2) is 22.2 Å². The maximum atomic E-state index is 11.5. The molecule has 0 atom stereocenters. The molecule has 0 spiro atoms. The highest BCUT2D eigenvalue weighted by atomic mass is 16.4. The first kappa shape index (κ1) is 13.6. The van der Waals surface area contributed by atoms with Gasteiger partial charge >= 0.3 is 5.97 Å². The lowest BCUT2D eigenvalue weighted by atomic mass is 9.99. The largest absolute Gasteiger partial charge is 0.478 e. The Morgan fingerprint density at radius 2 is 2.11 bits per heavy atom. The first-order valence-electron chi connectivity index (χ1n) is 6.53. The lowest BCUT2D eigenvalue weighted by molar-refractivity contribution is 0.0698. The smallest absolute Gasteiger partial charge is 0.338 e. The minimum Gasteiger partial charge on any atom is -0.478 e. The summed E-state index contributed by atoms with van der Waals surface area (Å²) in [7, 11) is 0. The maximum Gasteiger partial charge on any atom is 0.338 e. The van der Waals surface area contributed by atoms with Gasteiger partial charge in [0, 0.05) is 24.7 Å². The number of hydrogen-bond donors (Lipinski definition) is 2. The van der Waals surface area contributed by atoms with Gasteiger partial charge in [-0.05, 0) is 24.0 Å². The van der Waals surface area contributed by atoms with Gasteiger partial charge in [0.25, 0.3) is 0 Å². The number of rotatable bonds is 4. The second-order valence-electron chi connectivity index (χ2n) is 5.18. The monoisotopic (exact) mass is 260 g/mol. The van der Waals surface area contributed by atoms with Gasteiger partial charge in [-0.2, -0.15) is 0 Å². The van der Waals surface area contributed by atoms with E-state index in [9.17, 15) is 9.90 Å². The van der Waals surface area contributed by atoms with E-state index in [1.54, 1.807) is 0 Å². The molecular weight excluding hydrogens is 240 g/mol. The molecule has 2 aromatic rings. The summed E-state index contributed by atoms with van der Waals surface area (Å²) in [5.41, 5.74) is 8.77. The number of aromatic carboxylic acids is 1. The molecular formula is C15H20N2O2. The summed E-state index contributed by atoms with van der Waals surface area (Å²) in [5.74, 6) is -0.527. The quantitative estimate of drug-likeness (QED) is 0.888. The second-order valence-corrected chi connectivity index (χ2v) is 5.18. The summed E-state index contributed by atoms with van der Waals surface area (Å²) in [6.45, 7) is 7.18. The molecule has 0 bridgehead atoms. The topological polar surface area (TPSA) is 68.2 Å². The van der Waals surface area contributed by atoms with Crippen molar-refractivity contribution in [1.29, 1.82) is 0 Å². The molecule has 0 unspecified atom stereocenters. The van der Waals surface area contributed by atoms with E-state index in [1.165, 1.54) is 5.56 Å². The lowest BCUT2D eigenvalue weighted by Gasteiger charge is -2.08. The van der Waals surface area contributed by atoms with Crippen LogP contribution in [0.4, 0.5) is 0 Å². The highest BCUT2D eigenvalue weighted by Gasteiger charge is 2.19. The van der Waals surface area contributed by atoms with Gasteiger partial charge in [-0.15, -0.1) is 0 Å².